The predicted octanol–water partition coefficient (Wildman–Crippen LogP) is 2.06. The number of fused-ring (bicyclic) bond motifs is 1. The number of aliphatic hydroxyl groups excluding tert-OH is 1. The SMILES string of the molecule is CCOC(=N)c1ccc2nc([C@H](O)[C@H]3OCCN(c4ccc(C)cc4)C3=O)[nH]c(=O)c2c1. The largest absolute Gasteiger partial charge is 0.478 e. The van der Waals surface area contributed by atoms with E-state index in [2.05, 4.69) is 9.97 Å². The number of benzene rings is 2. The van der Waals surface area contributed by atoms with E-state index in [0.717, 1.165) is 5.56 Å². The van der Waals surface area contributed by atoms with Crippen LogP contribution in [0.1, 0.15) is 30.0 Å². The number of morpholine rings is 1. The molecule has 9 heteroatoms. The van der Waals surface area contributed by atoms with Crippen LogP contribution in [-0.2, 0) is 14.3 Å². The summed E-state index contributed by atoms with van der Waals surface area (Å²) in [5.74, 6) is -0.509. The second-order valence-corrected chi connectivity index (χ2v) is 7.51. The maximum Gasteiger partial charge on any atom is 0.259 e. The number of aromatic nitrogens is 2. The molecule has 0 unspecified atom stereocenters. The van der Waals surface area contributed by atoms with Crippen LogP contribution in [0.15, 0.2) is 47.3 Å². The Hall–Kier alpha value is -3.56. The third-order valence-corrected chi connectivity index (χ3v) is 5.31. The van der Waals surface area contributed by atoms with Gasteiger partial charge in [-0.1, -0.05) is 17.7 Å². The zero-order valence-corrected chi connectivity index (χ0v) is 17.8. The van der Waals surface area contributed by atoms with Crippen molar-refractivity contribution in [3.8, 4) is 0 Å². The van der Waals surface area contributed by atoms with Gasteiger partial charge in [0.15, 0.2) is 6.10 Å². The molecular formula is C23H24N4O5. The Morgan fingerprint density at radius 1 is 1.31 bits per heavy atom. The van der Waals surface area contributed by atoms with E-state index in [9.17, 15) is 14.7 Å². The number of hydrogen-bond donors (Lipinski definition) is 3. The van der Waals surface area contributed by atoms with E-state index in [1.54, 1.807) is 24.0 Å². The van der Waals surface area contributed by atoms with Crippen LogP contribution in [0.5, 0.6) is 0 Å². The molecule has 0 saturated carbocycles. The highest BCUT2D eigenvalue weighted by atomic mass is 16.5. The van der Waals surface area contributed by atoms with Gasteiger partial charge in [0.1, 0.15) is 11.9 Å². The molecule has 0 bridgehead atoms. The van der Waals surface area contributed by atoms with Crippen LogP contribution in [0.2, 0.25) is 0 Å². The van der Waals surface area contributed by atoms with Crippen molar-refractivity contribution in [2.75, 3.05) is 24.7 Å². The first kappa shape index (κ1) is 21.7. The molecule has 2 heterocycles. The first-order chi connectivity index (χ1) is 15.4. The molecule has 1 aromatic heterocycles. The Morgan fingerprint density at radius 3 is 2.78 bits per heavy atom. The first-order valence-corrected chi connectivity index (χ1v) is 10.3. The maximum atomic E-state index is 13.0. The Balaban J connectivity index is 1.62. The number of amides is 1. The second-order valence-electron chi connectivity index (χ2n) is 7.51. The van der Waals surface area contributed by atoms with Gasteiger partial charge in [-0.05, 0) is 44.2 Å². The molecule has 0 spiro atoms. The van der Waals surface area contributed by atoms with Gasteiger partial charge in [0.25, 0.3) is 11.5 Å². The summed E-state index contributed by atoms with van der Waals surface area (Å²) in [5, 5.41) is 19.0. The minimum absolute atomic E-state index is 0.0460. The van der Waals surface area contributed by atoms with E-state index < -0.39 is 23.7 Å². The van der Waals surface area contributed by atoms with Gasteiger partial charge in [-0.15, -0.1) is 0 Å². The number of hydrogen-bond acceptors (Lipinski definition) is 7. The Morgan fingerprint density at radius 2 is 2.06 bits per heavy atom. The van der Waals surface area contributed by atoms with E-state index in [1.807, 2.05) is 31.2 Å². The summed E-state index contributed by atoms with van der Waals surface area (Å²) in [5.41, 5.74) is 2.07. The number of nitrogens with zero attached hydrogens (tertiary/aromatic N) is 2. The third-order valence-electron chi connectivity index (χ3n) is 5.31. The number of aliphatic hydroxyl groups is 1. The van der Waals surface area contributed by atoms with Crippen molar-refractivity contribution in [2.24, 2.45) is 0 Å². The number of carbonyl (C=O) groups is 1. The number of aromatic amines is 1. The molecule has 1 fully saturated rings. The Labute approximate surface area is 184 Å². The number of aryl methyl sites for hydroxylation is 1. The van der Waals surface area contributed by atoms with Crippen LogP contribution in [0, 0.1) is 12.3 Å². The minimum Gasteiger partial charge on any atom is -0.478 e. The molecule has 9 nitrogen and oxygen atoms in total. The van der Waals surface area contributed by atoms with Crippen molar-refractivity contribution < 1.29 is 19.4 Å². The number of anilines is 1. The van der Waals surface area contributed by atoms with Crippen LogP contribution in [0.25, 0.3) is 10.9 Å². The average Bonchev–Trinajstić information content (AvgIpc) is 2.79. The van der Waals surface area contributed by atoms with Gasteiger partial charge in [0.2, 0.25) is 5.90 Å². The standard InChI is InChI=1S/C23H24N4O5/c1-3-31-20(24)14-6-9-17-16(12-14)22(29)26-21(25-17)18(28)19-23(30)27(10-11-32-19)15-7-4-13(2)5-8-15/h4-9,12,18-19,24,28H,3,10-11H2,1-2H3,(H,25,26,29)/t18-,19-/m1/s1. The molecule has 3 N–H and O–H groups in total. The predicted molar refractivity (Wildman–Crippen MR) is 119 cm³/mol. The van der Waals surface area contributed by atoms with E-state index in [1.165, 1.54) is 6.07 Å². The smallest absolute Gasteiger partial charge is 0.259 e. The van der Waals surface area contributed by atoms with Crippen LogP contribution in [-0.4, -0.2) is 52.7 Å². The molecule has 166 valence electrons. The van der Waals surface area contributed by atoms with Gasteiger partial charge in [-0.3, -0.25) is 15.0 Å². The molecule has 1 aliphatic rings. The van der Waals surface area contributed by atoms with Crippen molar-refractivity contribution in [1.29, 1.82) is 5.41 Å². The van der Waals surface area contributed by atoms with Crippen molar-refractivity contribution in [1.82, 2.24) is 9.97 Å². The lowest BCUT2D eigenvalue weighted by Gasteiger charge is -2.34. The zero-order valence-electron chi connectivity index (χ0n) is 17.8. The summed E-state index contributed by atoms with van der Waals surface area (Å²) in [7, 11) is 0. The van der Waals surface area contributed by atoms with Gasteiger partial charge in [0, 0.05) is 17.8 Å². The first-order valence-electron chi connectivity index (χ1n) is 10.3. The summed E-state index contributed by atoms with van der Waals surface area (Å²) in [6.45, 7) is 4.67. The molecule has 0 aliphatic carbocycles. The Bertz CT molecular complexity index is 1220. The maximum absolute atomic E-state index is 13.0. The second kappa shape index (κ2) is 8.89. The molecule has 3 aromatic rings. The molecule has 2 aromatic carbocycles. The summed E-state index contributed by atoms with van der Waals surface area (Å²) < 4.78 is 10.7. The molecule has 0 radical (unpaired) electrons. The lowest BCUT2D eigenvalue weighted by molar-refractivity contribution is -0.143. The summed E-state index contributed by atoms with van der Waals surface area (Å²) in [4.78, 5) is 34.1. The van der Waals surface area contributed by atoms with Crippen LogP contribution in [0.4, 0.5) is 5.69 Å². The van der Waals surface area contributed by atoms with E-state index in [0.29, 0.717) is 29.9 Å². The normalized spacial score (nSPS) is 17.4. The number of H-pyrrole nitrogens is 1. The van der Waals surface area contributed by atoms with Gasteiger partial charge in [0.05, 0.1) is 24.1 Å². The van der Waals surface area contributed by atoms with E-state index in [4.69, 9.17) is 14.9 Å². The fraction of sp³-hybridized carbons (Fsp3) is 0.304. The molecule has 1 aliphatic heterocycles. The van der Waals surface area contributed by atoms with Crippen LogP contribution < -0.4 is 10.5 Å². The van der Waals surface area contributed by atoms with Crippen molar-refractivity contribution in [3.05, 3.63) is 69.8 Å². The molecule has 1 saturated heterocycles. The van der Waals surface area contributed by atoms with Crippen LogP contribution >= 0.6 is 0 Å². The number of ether oxygens (including phenoxy) is 2. The van der Waals surface area contributed by atoms with E-state index in [-0.39, 0.29) is 23.7 Å². The lowest BCUT2D eigenvalue weighted by atomic mass is 10.1. The summed E-state index contributed by atoms with van der Waals surface area (Å²) >= 11 is 0. The Kier molecular flexibility index (Phi) is 6.02. The quantitative estimate of drug-likeness (QED) is 0.415. The van der Waals surface area contributed by atoms with Gasteiger partial charge in [-0.2, -0.15) is 0 Å². The highest BCUT2D eigenvalue weighted by molar-refractivity contribution is 5.98. The zero-order chi connectivity index (χ0) is 22.8. The molecule has 32 heavy (non-hydrogen) atoms. The fourth-order valence-electron chi connectivity index (χ4n) is 3.62. The van der Waals surface area contributed by atoms with Crippen molar-refractivity contribution in [3.63, 3.8) is 0 Å². The lowest BCUT2D eigenvalue weighted by Crippen LogP contribution is -2.50. The van der Waals surface area contributed by atoms with E-state index >= 15 is 0 Å². The van der Waals surface area contributed by atoms with Crippen molar-refractivity contribution in [2.45, 2.75) is 26.1 Å². The molecule has 2 atom stereocenters. The molecule has 1 amide bonds. The van der Waals surface area contributed by atoms with Gasteiger partial charge < -0.3 is 24.5 Å². The summed E-state index contributed by atoms with van der Waals surface area (Å²) in [6, 6.07) is 12.2. The minimum atomic E-state index is -1.45. The topological polar surface area (TPSA) is 129 Å². The average molecular weight is 436 g/mol. The highest BCUT2D eigenvalue weighted by Gasteiger charge is 2.38. The fourth-order valence-corrected chi connectivity index (χ4v) is 3.62. The number of carbonyl (C=O) groups excluding carboxylic acids is 1. The van der Waals surface area contributed by atoms with Crippen molar-refractivity contribution >= 4 is 28.4 Å². The molecular weight excluding hydrogens is 412 g/mol. The molecule has 4 rings (SSSR count). The summed E-state index contributed by atoms with van der Waals surface area (Å²) in [6.07, 6.45) is -2.65. The third kappa shape index (κ3) is 4.12. The highest BCUT2D eigenvalue weighted by Crippen LogP contribution is 2.25. The monoisotopic (exact) mass is 436 g/mol. The van der Waals surface area contributed by atoms with Gasteiger partial charge >= 0.3 is 0 Å². The van der Waals surface area contributed by atoms with Gasteiger partial charge in [-0.25, -0.2) is 4.98 Å². The van der Waals surface area contributed by atoms with Crippen LogP contribution in [0.3, 0.4) is 0 Å². The number of nitrogens with one attached hydrogen (secondary N) is 2. The number of rotatable bonds is 5.